The molecule has 0 atom stereocenters. The molecule has 78 valence electrons. The van der Waals surface area contributed by atoms with E-state index in [2.05, 4.69) is 9.97 Å². The quantitative estimate of drug-likeness (QED) is 0.810. The summed E-state index contributed by atoms with van der Waals surface area (Å²) in [4.78, 5) is 18.0. The van der Waals surface area contributed by atoms with E-state index in [-0.39, 0.29) is 11.7 Å². The van der Waals surface area contributed by atoms with E-state index in [4.69, 9.17) is 4.74 Å². The summed E-state index contributed by atoms with van der Waals surface area (Å²) < 4.78 is 5.50. The summed E-state index contributed by atoms with van der Waals surface area (Å²) in [5.74, 6) is 0.691. The molecule has 0 aliphatic carbocycles. The zero-order valence-electron chi connectivity index (χ0n) is 8.65. The highest BCUT2D eigenvalue weighted by Crippen LogP contribution is 2.17. The van der Waals surface area contributed by atoms with Gasteiger partial charge in [0.15, 0.2) is 0 Å². The van der Waals surface area contributed by atoms with Crippen molar-refractivity contribution in [1.29, 1.82) is 0 Å². The second kappa shape index (κ2) is 3.73. The Hall–Kier alpha value is -1.84. The first kappa shape index (κ1) is 9.71. The van der Waals surface area contributed by atoms with Crippen LogP contribution in [0, 0.1) is 0 Å². The van der Waals surface area contributed by atoms with Gasteiger partial charge in [0.05, 0.1) is 23.3 Å². The van der Waals surface area contributed by atoms with Crippen LogP contribution in [0.3, 0.4) is 0 Å². The summed E-state index contributed by atoms with van der Waals surface area (Å²) in [6, 6.07) is 5.30. The van der Waals surface area contributed by atoms with Gasteiger partial charge in [-0.2, -0.15) is 0 Å². The monoisotopic (exact) mass is 204 g/mol. The zero-order valence-corrected chi connectivity index (χ0v) is 8.65. The van der Waals surface area contributed by atoms with Gasteiger partial charge in [0.2, 0.25) is 0 Å². The van der Waals surface area contributed by atoms with Crippen molar-refractivity contribution in [2.45, 2.75) is 20.0 Å². The molecule has 0 saturated carbocycles. The largest absolute Gasteiger partial charge is 0.491 e. The molecule has 1 N–H and O–H groups in total. The van der Waals surface area contributed by atoms with Gasteiger partial charge in [0, 0.05) is 0 Å². The molecule has 0 spiro atoms. The Balaban J connectivity index is 2.55. The molecule has 2 rings (SSSR count). The molecule has 4 nitrogen and oxygen atoms in total. The van der Waals surface area contributed by atoms with Crippen molar-refractivity contribution in [3.05, 3.63) is 34.9 Å². The normalized spacial score (nSPS) is 10.9. The van der Waals surface area contributed by atoms with E-state index in [1.54, 1.807) is 12.1 Å². The minimum atomic E-state index is -0.144. The Morgan fingerprint density at radius 3 is 2.93 bits per heavy atom. The average molecular weight is 204 g/mol. The van der Waals surface area contributed by atoms with Crippen molar-refractivity contribution in [2.75, 3.05) is 0 Å². The SMILES string of the molecule is CC(C)Oc1ccc2nc[nH]c(=O)c2c1. The van der Waals surface area contributed by atoms with Gasteiger partial charge in [0.1, 0.15) is 5.75 Å². The molecule has 1 aromatic carbocycles. The van der Waals surface area contributed by atoms with E-state index >= 15 is 0 Å². The van der Waals surface area contributed by atoms with E-state index in [0.29, 0.717) is 16.7 Å². The standard InChI is InChI=1S/C11H12N2O2/c1-7(2)15-8-3-4-10-9(5-8)11(14)13-6-12-10/h3-7H,1-2H3,(H,12,13,14). The molecule has 2 aromatic rings. The highest BCUT2D eigenvalue weighted by Gasteiger charge is 2.02. The number of ether oxygens (including phenoxy) is 1. The molecule has 0 aliphatic heterocycles. The number of nitrogens with one attached hydrogen (secondary N) is 1. The second-order valence-electron chi connectivity index (χ2n) is 3.58. The molecule has 0 radical (unpaired) electrons. The lowest BCUT2D eigenvalue weighted by Gasteiger charge is -2.09. The molecule has 0 amide bonds. The number of nitrogens with zero attached hydrogens (tertiary/aromatic N) is 1. The predicted octanol–water partition coefficient (Wildman–Crippen LogP) is 1.71. The molecule has 0 unspecified atom stereocenters. The maximum atomic E-state index is 11.5. The highest BCUT2D eigenvalue weighted by atomic mass is 16.5. The van der Waals surface area contributed by atoms with Gasteiger partial charge in [-0.15, -0.1) is 0 Å². The van der Waals surface area contributed by atoms with Gasteiger partial charge < -0.3 is 9.72 Å². The number of aromatic amines is 1. The van der Waals surface area contributed by atoms with Crippen molar-refractivity contribution < 1.29 is 4.74 Å². The molecule has 0 saturated heterocycles. The van der Waals surface area contributed by atoms with E-state index in [1.807, 2.05) is 19.9 Å². The topological polar surface area (TPSA) is 55.0 Å². The average Bonchev–Trinajstić information content (AvgIpc) is 2.18. The van der Waals surface area contributed by atoms with Gasteiger partial charge in [-0.05, 0) is 32.0 Å². The first-order valence-corrected chi connectivity index (χ1v) is 4.81. The Bertz CT molecular complexity index is 531. The van der Waals surface area contributed by atoms with Crippen LogP contribution in [0.5, 0.6) is 5.75 Å². The van der Waals surface area contributed by atoms with Gasteiger partial charge in [0.25, 0.3) is 5.56 Å². The number of fused-ring (bicyclic) bond motifs is 1. The lowest BCUT2D eigenvalue weighted by Crippen LogP contribution is -2.08. The third kappa shape index (κ3) is 1.98. The Morgan fingerprint density at radius 1 is 1.40 bits per heavy atom. The van der Waals surface area contributed by atoms with Crippen molar-refractivity contribution in [3.8, 4) is 5.75 Å². The van der Waals surface area contributed by atoms with Crippen molar-refractivity contribution >= 4 is 10.9 Å². The number of aromatic nitrogens is 2. The lowest BCUT2D eigenvalue weighted by molar-refractivity contribution is 0.242. The number of rotatable bonds is 2. The van der Waals surface area contributed by atoms with Crippen molar-refractivity contribution in [2.24, 2.45) is 0 Å². The van der Waals surface area contributed by atoms with Crippen molar-refractivity contribution in [3.63, 3.8) is 0 Å². The molecule has 1 heterocycles. The van der Waals surface area contributed by atoms with Crippen LogP contribution in [0.4, 0.5) is 0 Å². The summed E-state index contributed by atoms with van der Waals surface area (Å²) in [5.41, 5.74) is 0.532. The van der Waals surface area contributed by atoms with Crippen LogP contribution in [0.25, 0.3) is 10.9 Å². The van der Waals surface area contributed by atoms with E-state index in [9.17, 15) is 4.79 Å². The molecule has 0 bridgehead atoms. The first-order chi connectivity index (χ1) is 7.16. The molecule has 0 fully saturated rings. The van der Waals surface area contributed by atoms with Gasteiger partial charge in [-0.1, -0.05) is 0 Å². The molecule has 15 heavy (non-hydrogen) atoms. The lowest BCUT2D eigenvalue weighted by atomic mass is 10.2. The van der Waals surface area contributed by atoms with Crippen LogP contribution in [-0.4, -0.2) is 16.1 Å². The number of benzene rings is 1. The fourth-order valence-corrected chi connectivity index (χ4v) is 1.39. The van der Waals surface area contributed by atoms with Crippen LogP contribution >= 0.6 is 0 Å². The molecule has 4 heteroatoms. The minimum absolute atomic E-state index is 0.0956. The van der Waals surface area contributed by atoms with Gasteiger partial charge in [-0.3, -0.25) is 4.79 Å². The molecule has 1 aromatic heterocycles. The van der Waals surface area contributed by atoms with Crippen LogP contribution in [-0.2, 0) is 0 Å². The van der Waals surface area contributed by atoms with E-state index in [0.717, 1.165) is 0 Å². The summed E-state index contributed by atoms with van der Waals surface area (Å²) in [6.45, 7) is 3.88. The van der Waals surface area contributed by atoms with Crippen LogP contribution in [0.1, 0.15) is 13.8 Å². The zero-order chi connectivity index (χ0) is 10.8. The summed E-state index contributed by atoms with van der Waals surface area (Å²) in [5, 5.41) is 0.552. The minimum Gasteiger partial charge on any atom is -0.491 e. The Labute approximate surface area is 86.9 Å². The highest BCUT2D eigenvalue weighted by molar-refractivity contribution is 5.78. The maximum Gasteiger partial charge on any atom is 0.258 e. The molecule has 0 aliphatic rings. The Morgan fingerprint density at radius 2 is 2.20 bits per heavy atom. The summed E-state index contributed by atoms with van der Waals surface area (Å²) in [6.07, 6.45) is 1.49. The van der Waals surface area contributed by atoms with E-state index < -0.39 is 0 Å². The first-order valence-electron chi connectivity index (χ1n) is 4.81. The number of H-pyrrole nitrogens is 1. The van der Waals surface area contributed by atoms with Crippen molar-refractivity contribution in [1.82, 2.24) is 9.97 Å². The Kier molecular flexibility index (Phi) is 2.41. The third-order valence-corrected chi connectivity index (χ3v) is 1.98. The third-order valence-electron chi connectivity index (χ3n) is 1.98. The summed E-state index contributed by atoms with van der Waals surface area (Å²) >= 11 is 0. The van der Waals surface area contributed by atoms with Gasteiger partial charge in [-0.25, -0.2) is 4.98 Å². The molecular weight excluding hydrogens is 192 g/mol. The van der Waals surface area contributed by atoms with Crippen LogP contribution in [0.2, 0.25) is 0 Å². The van der Waals surface area contributed by atoms with Crippen LogP contribution in [0.15, 0.2) is 29.3 Å². The van der Waals surface area contributed by atoms with Crippen LogP contribution < -0.4 is 10.3 Å². The smallest absolute Gasteiger partial charge is 0.258 e. The second-order valence-corrected chi connectivity index (χ2v) is 3.58. The number of hydrogen-bond donors (Lipinski definition) is 1. The van der Waals surface area contributed by atoms with Gasteiger partial charge >= 0.3 is 0 Å². The predicted molar refractivity (Wildman–Crippen MR) is 58.1 cm³/mol. The number of hydrogen-bond acceptors (Lipinski definition) is 3. The molecular formula is C11H12N2O2. The fourth-order valence-electron chi connectivity index (χ4n) is 1.39. The maximum absolute atomic E-state index is 11.5. The fraction of sp³-hybridized carbons (Fsp3) is 0.273. The van der Waals surface area contributed by atoms with E-state index in [1.165, 1.54) is 6.33 Å². The summed E-state index contributed by atoms with van der Waals surface area (Å²) in [7, 11) is 0.